The molecule has 1 aliphatic rings. The first-order valence-electron chi connectivity index (χ1n) is 12.3. The molecule has 0 spiro atoms. The van der Waals surface area contributed by atoms with Crippen LogP contribution in [0.4, 0.5) is 4.79 Å². The number of hydrogen-bond acceptors (Lipinski definition) is 5. The van der Waals surface area contributed by atoms with E-state index in [4.69, 9.17) is 10.1 Å². The standard InChI is InChI=1S/C27H32N4O5S/c1-31(2)37(35,36)21-13-11-20(12-14-21)25-15-23(22-5-3-4-6-24(22)30-25)26(32)28-16-18-7-9-19(10-8-18)17-29-27(33)34/h3-6,11-15,18-19,29H,7-10,16-17H2,1-2H3,(H,28,32)(H,33,34). The molecule has 1 saturated carbocycles. The molecule has 1 fully saturated rings. The number of carbonyl (C=O) groups excluding carboxylic acids is 1. The number of nitrogens with one attached hydrogen (secondary N) is 2. The van der Waals surface area contributed by atoms with E-state index in [1.807, 2.05) is 24.3 Å². The first kappa shape index (κ1) is 26.6. The van der Waals surface area contributed by atoms with Crippen molar-refractivity contribution in [2.75, 3.05) is 27.2 Å². The van der Waals surface area contributed by atoms with Gasteiger partial charge in [0.2, 0.25) is 10.0 Å². The summed E-state index contributed by atoms with van der Waals surface area (Å²) < 4.78 is 26.0. The van der Waals surface area contributed by atoms with Gasteiger partial charge in [-0.15, -0.1) is 0 Å². The monoisotopic (exact) mass is 524 g/mol. The van der Waals surface area contributed by atoms with Gasteiger partial charge in [-0.05, 0) is 61.8 Å². The fraction of sp³-hybridized carbons (Fsp3) is 0.370. The summed E-state index contributed by atoms with van der Waals surface area (Å²) in [5, 5.41) is 15.1. The summed E-state index contributed by atoms with van der Waals surface area (Å²) in [6, 6.07) is 15.7. The molecule has 1 heterocycles. The van der Waals surface area contributed by atoms with Gasteiger partial charge in [-0.2, -0.15) is 0 Å². The van der Waals surface area contributed by atoms with Gasteiger partial charge in [0.15, 0.2) is 0 Å². The minimum absolute atomic E-state index is 0.179. The number of carboxylic acid groups (broad SMARTS) is 1. The van der Waals surface area contributed by atoms with Crippen LogP contribution in [0, 0.1) is 11.8 Å². The highest BCUT2D eigenvalue weighted by Crippen LogP contribution is 2.29. The third-order valence-electron chi connectivity index (χ3n) is 6.95. The Hall–Kier alpha value is -3.50. The summed E-state index contributed by atoms with van der Waals surface area (Å²) in [6.45, 7) is 1.03. The average Bonchev–Trinajstić information content (AvgIpc) is 2.90. The molecule has 0 saturated heterocycles. The molecule has 3 N–H and O–H groups in total. The number of carbonyl (C=O) groups is 2. The van der Waals surface area contributed by atoms with E-state index in [-0.39, 0.29) is 10.8 Å². The zero-order valence-electron chi connectivity index (χ0n) is 21.0. The number of pyridine rings is 1. The van der Waals surface area contributed by atoms with Crippen LogP contribution in [-0.4, -0.2) is 62.0 Å². The van der Waals surface area contributed by atoms with Crippen LogP contribution in [0.3, 0.4) is 0 Å². The number of hydrogen-bond donors (Lipinski definition) is 3. The minimum Gasteiger partial charge on any atom is -0.465 e. The number of benzene rings is 2. The van der Waals surface area contributed by atoms with E-state index in [1.54, 1.807) is 30.3 Å². The maximum atomic E-state index is 13.3. The van der Waals surface area contributed by atoms with E-state index in [1.165, 1.54) is 14.1 Å². The van der Waals surface area contributed by atoms with Gasteiger partial charge < -0.3 is 15.7 Å². The molecule has 0 bridgehead atoms. The van der Waals surface area contributed by atoms with Crippen LogP contribution in [0.15, 0.2) is 59.5 Å². The van der Waals surface area contributed by atoms with Crippen LogP contribution in [0.1, 0.15) is 36.0 Å². The quantitative estimate of drug-likeness (QED) is 0.409. The number of fused-ring (bicyclic) bond motifs is 1. The van der Waals surface area contributed by atoms with Crippen molar-refractivity contribution in [1.82, 2.24) is 19.9 Å². The lowest BCUT2D eigenvalue weighted by molar-refractivity contribution is 0.0942. The topological polar surface area (TPSA) is 129 Å². The molecule has 0 aliphatic heterocycles. The van der Waals surface area contributed by atoms with Gasteiger partial charge in [0, 0.05) is 38.1 Å². The number of amides is 2. The summed E-state index contributed by atoms with van der Waals surface area (Å²) in [7, 11) is -0.567. The lowest BCUT2D eigenvalue weighted by Gasteiger charge is -2.28. The van der Waals surface area contributed by atoms with Gasteiger partial charge >= 0.3 is 6.09 Å². The number of aromatic nitrogens is 1. The SMILES string of the molecule is CN(C)S(=O)(=O)c1ccc(-c2cc(C(=O)NCC3CCC(CNC(=O)O)CC3)c3ccccc3n2)cc1. The van der Waals surface area contributed by atoms with Crippen molar-refractivity contribution in [2.24, 2.45) is 11.8 Å². The van der Waals surface area contributed by atoms with Gasteiger partial charge in [0.1, 0.15) is 0 Å². The second kappa shape index (κ2) is 11.3. The predicted octanol–water partition coefficient (Wildman–Crippen LogP) is 3.96. The van der Waals surface area contributed by atoms with Crippen LogP contribution in [0.5, 0.6) is 0 Å². The van der Waals surface area contributed by atoms with E-state index in [0.29, 0.717) is 47.3 Å². The Labute approximate surface area is 217 Å². The fourth-order valence-corrected chi connectivity index (χ4v) is 5.62. The molecular formula is C27H32N4O5S. The Morgan fingerprint density at radius 1 is 0.946 bits per heavy atom. The van der Waals surface area contributed by atoms with Crippen molar-refractivity contribution in [1.29, 1.82) is 0 Å². The smallest absolute Gasteiger partial charge is 0.404 e. The van der Waals surface area contributed by atoms with Gasteiger partial charge in [-0.25, -0.2) is 22.5 Å². The van der Waals surface area contributed by atoms with Gasteiger partial charge in [0.25, 0.3) is 5.91 Å². The lowest BCUT2D eigenvalue weighted by Crippen LogP contribution is -2.34. The van der Waals surface area contributed by atoms with Crippen molar-refractivity contribution < 1.29 is 23.1 Å². The maximum Gasteiger partial charge on any atom is 0.404 e. The largest absolute Gasteiger partial charge is 0.465 e. The van der Waals surface area contributed by atoms with E-state index in [0.717, 1.165) is 35.4 Å². The lowest BCUT2D eigenvalue weighted by atomic mass is 9.82. The maximum absolute atomic E-state index is 13.3. The van der Waals surface area contributed by atoms with Crippen LogP contribution in [0.2, 0.25) is 0 Å². The van der Waals surface area contributed by atoms with Crippen LogP contribution in [-0.2, 0) is 10.0 Å². The second-order valence-electron chi connectivity index (χ2n) is 9.67. The van der Waals surface area contributed by atoms with E-state index in [2.05, 4.69) is 10.6 Å². The minimum atomic E-state index is -3.54. The zero-order chi connectivity index (χ0) is 26.6. The molecule has 0 atom stereocenters. The van der Waals surface area contributed by atoms with Crippen molar-refractivity contribution in [3.8, 4) is 11.3 Å². The Kier molecular flexibility index (Phi) is 8.09. The van der Waals surface area contributed by atoms with E-state index >= 15 is 0 Å². The molecule has 1 aliphatic carbocycles. The van der Waals surface area contributed by atoms with E-state index < -0.39 is 16.1 Å². The Morgan fingerprint density at radius 2 is 1.54 bits per heavy atom. The highest BCUT2D eigenvalue weighted by atomic mass is 32.2. The molecule has 0 radical (unpaired) electrons. The van der Waals surface area contributed by atoms with Crippen LogP contribution in [0.25, 0.3) is 22.2 Å². The summed E-state index contributed by atoms with van der Waals surface area (Å²) in [6.07, 6.45) is 2.76. The summed E-state index contributed by atoms with van der Waals surface area (Å²) >= 11 is 0. The van der Waals surface area contributed by atoms with Crippen molar-refractivity contribution in [3.05, 3.63) is 60.2 Å². The van der Waals surface area contributed by atoms with E-state index in [9.17, 15) is 18.0 Å². The second-order valence-corrected chi connectivity index (χ2v) is 11.8. The third-order valence-corrected chi connectivity index (χ3v) is 8.78. The molecule has 0 unspecified atom stereocenters. The number of nitrogens with zero attached hydrogens (tertiary/aromatic N) is 2. The van der Waals surface area contributed by atoms with Crippen molar-refractivity contribution in [3.63, 3.8) is 0 Å². The van der Waals surface area contributed by atoms with Gasteiger partial charge in [-0.3, -0.25) is 4.79 Å². The van der Waals surface area contributed by atoms with Crippen molar-refractivity contribution >= 4 is 32.9 Å². The normalized spacial score (nSPS) is 18.0. The molecule has 9 nitrogen and oxygen atoms in total. The molecule has 37 heavy (non-hydrogen) atoms. The Balaban J connectivity index is 1.50. The molecule has 10 heteroatoms. The molecule has 2 amide bonds. The zero-order valence-corrected chi connectivity index (χ0v) is 21.8. The molecule has 3 aromatic rings. The molecular weight excluding hydrogens is 492 g/mol. The Morgan fingerprint density at radius 3 is 2.14 bits per heavy atom. The van der Waals surface area contributed by atoms with Crippen LogP contribution >= 0.6 is 0 Å². The number of para-hydroxylation sites is 1. The van der Waals surface area contributed by atoms with Crippen LogP contribution < -0.4 is 10.6 Å². The number of sulfonamides is 1. The summed E-state index contributed by atoms with van der Waals surface area (Å²) in [5.41, 5.74) is 2.50. The molecule has 4 rings (SSSR count). The van der Waals surface area contributed by atoms with Gasteiger partial charge in [0.05, 0.1) is 21.7 Å². The highest BCUT2D eigenvalue weighted by Gasteiger charge is 2.23. The van der Waals surface area contributed by atoms with Gasteiger partial charge in [-0.1, -0.05) is 30.3 Å². The number of rotatable bonds is 8. The fourth-order valence-electron chi connectivity index (χ4n) is 4.72. The molecule has 2 aromatic carbocycles. The Bertz CT molecular complexity index is 1380. The first-order chi connectivity index (χ1) is 17.6. The summed E-state index contributed by atoms with van der Waals surface area (Å²) in [5.74, 6) is 0.513. The average molecular weight is 525 g/mol. The third kappa shape index (κ3) is 6.26. The highest BCUT2D eigenvalue weighted by molar-refractivity contribution is 7.89. The molecule has 196 valence electrons. The van der Waals surface area contributed by atoms with Crippen molar-refractivity contribution in [2.45, 2.75) is 30.6 Å². The first-order valence-corrected chi connectivity index (χ1v) is 13.8. The predicted molar refractivity (Wildman–Crippen MR) is 142 cm³/mol. The molecule has 1 aromatic heterocycles. The summed E-state index contributed by atoms with van der Waals surface area (Å²) in [4.78, 5) is 28.9.